The number of hydrogen-bond donors (Lipinski definition) is 1. The molecule has 2 amide bonds. The van der Waals surface area contributed by atoms with Gasteiger partial charge < -0.3 is 10.2 Å². The Bertz CT molecular complexity index is 911. The predicted molar refractivity (Wildman–Crippen MR) is 115 cm³/mol. The Morgan fingerprint density at radius 2 is 1.31 bits per heavy atom. The molecular weight excluding hydrogens is 360 g/mol. The summed E-state index contributed by atoms with van der Waals surface area (Å²) in [5.41, 5.74) is 2.95. The molecule has 4 nitrogen and oxygen atoms in total. The van der Waals surface area contributed by atoms with Gasteiger partial charge in [0.1, 0.15) is 6.04 Å². The van der Waals surface area contributed by atoms with Crippen molar-refractivity contribution in [2.45, 2.75) is 25.9 Å². The van der Waals surface area contributed by atoms with E-state index in [2.05, 4.69) is 5.32 Å². The fraction of sp³-hybridized carbons (Fsp3) is 0.200. The topological polar surface area (TPSA) is 49.4 Å². The first-order valence-electron chi connectivity index (χ1n) is 9.83. The summed E-state index contributed by atoms with van der Waals surface area (Å²) in [6.45, 7) is 2.40. The highest BCUT2D eigenvalue weighted by Gasteiger charge is 2.29. The molecule has 0 aliphatic rings. The van der Waals surface area contributed by atoms with Crippen LogP contribution in [0, 0.1) is 0 Å². The van der Waals surface area contributed by atoms with Crippen molar-refractivity contribution >= 4 is 11.8 Å². The zero-order valence-electron chi connectivity index (χ0n) is 16.6. The number of carbonyl (C=O) groups excluding carboxylic acids is 2. The van der Waals surface area contributed by atoms with E-state index in [1.54, 1.807) is 4.90 Å². The van der Waals surface area contributed by atoms with Crippen molar-refractivity contribution in [1.82, 2.24) is 10.2 Å². The molecule has 1 atom stereocenters. The predicted octanol–water partition coefficient (Wildman–Crippen LogP) is 4.14. The lowest BCUT2D eigenvalue weighted by Gasteiger charge is -2.30. The van der Waals surface area contributed by atoms with Crippen molar-refractivity contribution in [1.29, 1.82) is 0 Å². The van der Waals surface area contributed by atoms with Crippen LogP contribution in [-0.4, -0.2) is 23.3 Å². The van der Waals surface area contributed by atoms with Gasteiger partial charge in [0.15, 0.2) is 0 Å². The summed E-state index contributed by atoms with van der Waals surface area (Å²) in [6.07, 6.45) is 0.743. The van der Waals surface area contributed by atoms with Crippen LogP contribution in [0.4, 0.5) is 0 Å². The van der Waals surface area contributed by atoms with Crippen molar-refractivity contribution in [3.8, 4) is 0 Å². The molecule has 0 fully saturated rings. The Morgan fingerprint density at radius 1 is 0.793 bits per heavy atom. The smallest absolute Gasteiger partial charge is 0.247 e. The summed E-state index contributed by atoms with van der Waals surface area (Å²) in [5, 5.41) is 3.02. The quantitative estimate of drug-likeness (QED) is 0.633. The van der Waals surface area contributed by atoms with Gasteiger partial charge >= 0.3 is 0 Å². The summed E-state index contributed by atoms with van der Waals surface area (Å²) in [4.78, 5) is 27.3. The summed E-state index contributed by atoms with van der Waals surface area (Å²) in [5.74, 6) is -0.306. The maximum atomic E-state index is 13.2. The molecule has 0 bridgehead atoms. The second-order valence-corrected chi connectivity index (χ2v) is 6.97. The van der Waals surface area contributed by atoms with Crippen LogP contribution in [0.3, 0.4) is 0 Å². The number of carbonyl (C=O) groups is 2. The Kier molecular flexibility index (Phi) is 7.17. The molecule has 0 aliphatic heterocycles. The second-order valence-electron chi connectivity index (χ2n) is 6.97. The lowest BCUT2D eigenvalue weighted by Crippen LogP contribution is -2.43. The third-order valence-corrected chi connectivity index (χ3v) is 4.83. The molecule has 3 rings (SSSR count). The maximum absolute atomic E-state index is 13.2. The van der Waals surface area contributed by atoms with E-state index < -0.39 is 6.04 Å². The van der Waals surface area contributed by atoms with Gasteiger partial charge in [-0.05, 0) is 23.1 Å². The minimum Gasteiger partial charge on any atom is -0.354 e. The van der Waals surface area contributed by atoms with E-state index in [1.165, 1.54) is 6.92 Å². The van der Waals surface area contributed by atoms with Crippen LogP contribution in [0.5, 0.6) is 0 Å². The third kappa shape index (κ3) is 5.79. The first-order chi connectivity index (χ1) is 14.1. The first-order valence-corrected chi connectivity index (χ1v) is 9.83. The van der Waals surface area contributed by atoms with Crippen LogP contribution in [0.2, 0.25) is 0 Å². The van der Waals surface area contributed by atoms with Crippen LogP contribution in [0.1, 0.15) is 29.7 Å². The van der Waals surface area contributed by atoms with Crippen molar-refractivity contribution < 1.29 is 9.59 Å². The number of amides is 2. The van der Waals surface area contributed by atoms with E-state index in [4.69, 9.17) is 0 Å². The van der Waals surface area contributed by atoms with E-state index in [-0.39, 0.29) is 11.8 Å². The van der Waals surface area contributed by atoms with Gasteiger partial charge in [0.2, 0.25) is 11.8 Å². The largest absolute Gasteiger partial charge is 0.354 e. The highest BCUT2D eigenvalue weighted by Crippen LogP contribution is 2.23. The molecule has 0 spiro atoms. The Morgan fingerprint density at radius 3 is 1.86 bits per heavy atom. The van der Waals surface area contributed by atoms with E-state index in [1.807, 2.05) is 91.0 Å². The fourth-order valence-electron chi connectivity index (χ4n) is 3.34. The molecule has 29 heavy (non-hydrogen) atoms. The highest BCUT2D eigenvalue weighted by atomic mass is 16.2. The van der Waals surface area contributed by atoms with E-state index in [9.17, 15) is 9.59 Å². The summed E-state index contributed by atoms with van der Waals surface area (Å²) >= 11 is 0. The monoisotopic (exact) mass is 386 g/mol. The molecule has 0 saturated heterocycles. The van der Waals surface area contributed by atoms with E-state index in [0.717, 1.165) is 23.1 Å². The average Bonchev–Trinajstić information content (AvgIpc) is 2.75. The number of nitrogens with one attached hydrogen (secondary N) is 1. The van der Waals surface area contributed by atoms with E-state index in [0.29, 0.717) is 13.1 Å². The van der Waals surface area contributed by atoms with Gasteiger partial charge in [0, 0.05) is 20.0 Å². The normalized spacial score (nSPS) is 11.5. The number of rotatable bonds is 8. The van der Waals surface area contributed by atoms with Crippen LogP contribution < -0.4 is 5.32 Å². The van der Waals surface area contributed by atoms with Crippen molar-refractivity contribution in [3.63, 3.8) is 0 Å². The fourth-order valence-corrected chi connectivity index (χ4v) is 3.34. The molecule has 4 heteroatoms. The second kappa shape index (κ2) is 10.2. The Balaban J connectivity index is 1.79. The molecule has 3 aromatic rings. The van der Waals surface area contributed by atoms with Crippen molar-refractivity contribution in [3.05, 3.63) is 108 Å². The minimum atomic E-state index is -0.676. The van der Waals surface area contributed by atoms with Crippen molar-refractivity contribution in [2.75, 3.05) is 6.54 Å². The van der Waals surface area contributed by atoms with Gasteiger partial charge in [-0.1, -0.05) is 91.0 Å². The summed E-state index contributed by atoms with van der Waals surface area (Å²) in [6, 6.07) is 28.6. The molecule has 1 unspecified atom stereocenters. The average molecular weight is 386 g/mol. The van der Waals surface area contributed by atoms with Gasteiger partial charge in [-0.25, -0.2) is 0 Å². The molecule has 0 aromatic heterocycles. The lowest BCUT2D eigenvalue weighted by atomic mass is 10.0. The van der Waals surface area contributed by atoms with Gasteiger partial charge in [-0.3, -0.25) is 9.59 Å². The molecule has 148 valence electrons. The minimum absolute atomic E-state index is 0.138. The van der Waals surface area contributed by atoms with Crippen LogP contribution in [0.25, 0.3) is 0 Å². The zero-order valence-corrected chi connectivity index (χ0v) is 16.6. The SMILES string of the molecule is CC(=O)N(Cc1ccccc1)C(C(=O)NCCc1ccccc1)c1ccccc1. The molecule has 0 radical (unpaired) electrons. The van der Waals surface area contributed by atoms with Gasteiger partial charge in [-0.2, -0.15) is 0 Å². The highest BCUT2D eigenvalue weighted by molar-refractivity contribution is 5.88. The summed E-state index contributed by atoms with van der Waals surface area (Å²) < 4.78 is 0. The molecule has 0 heterocycles. The standard InChI is InChI=1S/C25H26N2O2/c1-20(28)27(19-22-13-7-3-8-14-22)24(23-15-9-4-10-16-23)25(29)26-18-17-21-11-5-2-6-12-21/h2-16,24H,17-19H2,1H3,(H,26,29). The van der Waals surface area contributed by atoms with Crippen molar-refractivity contribution in [2.24, 2.45) is 0 Å². The Hall–Kier alpha value is -3.40. The van der Waals surface area contributed by atoms with E-state index >= 15 is 0 Å². The lowest BCUT2D eigenvalue weighted by molar-refractivity contribution is -0.140. The van der Waals surface area contributed by atoms with Crippen LogP contribution >= 0.6 is 0 Å². The maximum Gasteiger partial charge on any atom is 0.247 e. The van der Waals surface area contributed by atoms with Crippen LogP contribution in [0.15, 0.2) is 91.0 Å². The number of benzene rings is 3. The zero-order chi connectivity index (χ0) is 20.5. The molecule has 3 aromatic carbocycles. The summed E-state index contributed by atoms with van der Waals surface area (Å²) in [7, 11) is 0. The third-order valence-electron chi connectivity index (χ3n) is 4.83. The number of nitrogens with zero attached hydrogens (tertiary/aromatic N) is 1. The van der Waals surface area contributed by atoms with Gasteiger partial charge in [0.25, 0.3) is 0 Å². The molecule has 0 aliphatic carbocycles. The number of hydrogen-bond acceptors (Lipinski definition) is 2. The van der Waals surface area contributed by atoms with Gasteiger partial charge in [0.05, 0.1) is 0 Å². The molecular formula is C25H26N2O2. The van der Waals surface area contributed by atoms with Gasteiger partial charge in [-0.15, -0.1) is 0 Å². The molecule has 1 N–H and O–H groups in total. The van der Waals surface area contributed by atoms with Crippen LogP contribution in [-0.2, 0) is 22.6 Å². The Labute approximate surface area is 172 Å². The first kappa shape index (κ1) is 20.3. The molecule has 0 saturated carbocycles.